The van der Waals surface area contributed by atoms with Crippen molar-refractivity contribution < 1.29 is 0 Å². The van der Waals surface area contributed by atoms with Gasteiger partial charge in [-0.3, -0.25) is 0 Å². The van der Waals surface area contributed by atoms with Gasteiger partial charge in [-0.15, -0.1) is 0 Å². The van der Waals surface area contributed by atoms with E-state index < -0.39 is 0 Å². The number of benzene rings is 1. The highest BCUT2D eigenvalue weighted by Crippen LogP contribution is 2.09. The zero-order valence-corrected chi connectivity index (χ0v) is 12.2. The molecule has 18 heavy (non-hydrogen) atoms. The molecule has 0 spiro atoms. The first-order valence-corrected chi connectivity index (χ1v) is 7.62. The molecule has 0 heterocycles. The van der Waals surface area contributed by atoms with Crippen LogP contribution < -0.4 is 0 Å². The summed E-state index contributed by atoms with van der Waals surface area (Å²) in [5, 5.41) is 0. The Morgan fingerprint density at radius 2 is 1.22 bits per heavy atom. The van der Waals surface area contributed by atoms with Crippen molar-refractivity contribution in [2.45, 2.75) is 71.1 Å². The molecule has 0 bridgehead atoms. The van der Waals surface area contributed by atoms with Crippen molar-refractivity contribution >= 4 is 0 Å². The molecule has 0 heteroatoms. The molecule has 102 valence electrons. The summed E-state index contributed by atoms with van der Waals surface area (Å²) in [6, 6.07) is 12.5. The van der Waals surface area contributed by atoms with Crippen molar-refractivity contribution in [3.8, 4) is 0 Å². The van der Waals surface area contributed by atoms with E-state index in [2.05, 4.69) is 19.9 Å². The lowest BCUT2D eigenvalue weighted by atomic mass is 10.1. The Kier molecular flexibility index (Phi) is 15.5. The Morgan fingerprint density at radius 3 is 1.56 bits per heavy atom. The average Bonchev–Trinajstić information content (AvgIpc) is 2.44. The Bertz CT molecular complexity index is 178. The lowest BCUT2D eigenvalue weighted by molar-refractivity contribution is 0.566. The largest absolute Gasteiger partial charge is 0.0654 e. The van der Waals surface area contributed by atoms with E-state index in [1.165, 1.54) is 57.8 Å². The monoisotopic (exact) mass is 246 g/mol. The summed E-state index contributed by atoms with van der Waals surface area (Å²) in [4.78, 5) is 0. The summed E-state index contributed by atoms with van der Waals surface area (Å²) in [6.07, 6.45) is 13.9. The second-order valence-electron chi connectivity index (χ2n) is 4.76. The first-order valence-electron chi connectivity index (χ1n) is 7.62. The minimum Gasteiger partial charge on any atom is -0.0654 e. The van der Waals surface area contributed by atoms with Gasteiger partial charge in [-0.2, -0.15) is 0 Å². The van der Waals surface area contributed by atoms with E-state index in [4.69, 9.17) is 0 Å². The van der Waals surface area contributed by atoms with Gasteiger partial charge in [-0.05, 0) is 6.07 Å². The van der Waals surface area contributed by atoms with Crippen LogP contribution in [0.15, 0.2) is 30.3 Å². The van der Waals surface area contributed by atoms with Crippen LogP contribution in [0.5, 0.6) is 0 Å². The van der Waals surface area contributed by atoms with E-state index in [0.29, 0.717) is 0 Å². The highest BCUT2D eigenvalue weighted by atomic mass is 14.0. The van der Waals surface area contributed by atoms with Crippen LogP contribution in [0.25, 0.3) is 0 Å². The van der Waals surface area contributed by atoms with Crippen molar-refractivity contribution in [2.75, 3.05) is 0 Å². The molecule has 0 aliphatic rings. The van der Waals surface area contributed by atoms with Crippen LogP contribution >= 0.6 is 0 Å². The van der Waals surface area contributed by atoms with Gasteiger partial charge >= 0.3 is 0 Å². The molecular formula is C18H30. The van der Waals surface area contributed by atoms with E-state index in [9.17, 15) is 0 Å². The Labute approximate surface area is 115 Å². The van der Waals surface area contributed by atoms with Gasteiger partial charge in [-0.25, -0.2) is 0 Å². The van der Waals surface area contributed by atoms with Crippen LogP contribution in [0.2, 0.25) is 0 Å². The molecule has 1 aromatic rings. The van der Waals surface area contributed by atoms with E-state index in [1.807, 2.05) is 30.3 Å². The standard InChI is InChI=1S/C12H25.C6H5/c1-3-5-7-9-11-12-10-8-6-4-2;1-2-4-6-5-3-1/h1,3-12H2,2H3;1-5H. The summed E-state index contributed by atoms with van der Waals surface area (Å²) in [5.74, 6) is 0. The molecule has 0 unspecified atom stereocenters. The Morgan fingerprint density at radius 1 is 0.722 bits per heavy atom. The lowest BCUT2D eigenvalue weighted by Crippen LogP contribution is -1.80. The van der Waals surface area contributed by atoms with Gasteiger partial charge in [0.05, 0.1) is 0 Å². The molecule has 0 atom stereocenters. The third-order valence-electron chi connectivity index (χ3n) is 2.96. The van der Waals surface area contributed by atoms with Gasteiger partial charge in [0, 0.05) is 0 Å². The molecule has 0 amide bonds. The summed E-state index contributed by atoms with van der Waals surface area (Å²) in [7, 11) is 0. The predicted octanol–water partition coefficient (Wildman–Crippen LogP) is 6.23. The van der Waals surface area contributed by atoms with E-state index >= 15 is 0 Å². The van der Waals surface area contributed by atoms with Gasteiger partial charge in [0.2, 0.25) is 0 Å². The quantitative estimate of drug-likeness (QED) is 0.453. The van der Waals surface area contributed by atoms with Crippen LogP contribution in [0.3, 0.4) is 0 Å². The molecule has 2 radical (unpaired) electrons. The van der Waals surface area contributed by atoms with Crippen molar-refractivity contribution in [3.63, 3.8) is 0 Å². The summed E-state index contributed by atoms with van der Waals surface area (Å²) < 4.78 is 0. The first kappa shape index (κ1) is 17.2. The predicted molar refractivity (Wildman–Crippen MR) is 82.5 cm³/mol. The maximum atomic E-state index is 3.84. The minimum absolute atomic E-state index is 1.12. The van der Waals surface area contributed by atoms with Crippen LogP contribution in [0.4, 0.5) is 0 Å². The number of hydrogen-bond acceptors (Lipinski definition) is 0. The fourth-order valence-electron chi connectivity index (χ4n) is 1.83. The van der Waals surface area contributed by atoms with Crippen molar-refractivity contribution in [2.24, 2.45) is 0 Å². The van der Waals surface area contributed by atoms with Crippen molar-refractivity contribution in [1.29, 1.82) is 0 Å². The second kappa shape index (κ2) is 16.2. The normalized spacial score (nSPS) is 9.67. The van der Waals surface area contributed by atoms with E-state index in [-0.39, 0.29) is 0 Å². The molecule has 1 rings (SSSR count). The van der Waals surface area contributed by atoms with Gasteiger partial charge < -0.3 is 0 Å². The molecule has 1 aromatic carbocycles. The summed E-state index contributed by atoms with van der Waals surface area (Å²) in [5.41, 5.74) is 0. The molecule has 0 fully saturated rings. The lowest BCUT2D eigenvalue weighted by Gasteiger charge is -1.99. The van der Waals surface area contributed by atoms with Gasteiger partial charge in [-0.1, -0.05) is 108 Å². The molecular weight excluding hydrogens is 216 g/mol. The summed E-state index contributed by atoms with van der Waals surface area (Å²) in [6.45, 7) is 6.12. The summed E-state index contributed by atoms with van der Waals surface area (Å²) >= 11 is 0. The van der Waals surface area contributed by atoms with Crippen LogP contribution in [0.1, 0.15) is 71.1 Å². The smallest absolute Gasteiger partial charge is 0.0184 e. The van der Waals surface area contributed by atoms with Gasteiger partial charge in [0.1, 0.15) is 0 Å². The molecule has 0 saturated heterocycles. The fraction of sp³-hybridized carbons (Fsp3) is 0.611. The van der Waals surface area contributed by atoms with Crippen molar-refractivity contribution in [1.82, 2.24) is 0 Å². The van der Waals surface area contributed by atoms with E-state index in [1.54, 1.807) is 0 Å². The fourth-order valence-corrected chi connectivity index (χ4v) is 1.83. The first-order chi connectivity index (χ1) is 8.91. The van der Waals surface area contributed by atoms with Crippen LogP contribution in [0, 0.1) is 13.0 Å². The SMILES string of the molecule is [CH2]CCCCCCCCCCC.[c]1ccccc1. The topological polar surface area (TPSA) is 0 Å². The van der Waals surface area contributed by atoms with Gasteiger partial charge in [0.25, 0.3) is 0 Å². The number of rotatable bonds is 9. The number of unbranched alkanes of at least 4 members (excludes halogenated alkanes) is 9. The Balaban J connectivity index is 0.000000397. The van der Waals surface area contributed by atoms with Gasteiger partial charge in [0.15, 0.2) is 0 Å². The molecule has 0 nitrogen and oxygen atoms in total. The third kappa shape index (κ3) is 15.2. The molecule has 0 N–H and O–H groups in total. The maximum absolute atomic E-state index is 3.84. The zero-order valence-electron chi connectivity index (χ0n) is 12.2. The third-order valence-corrected chi connectivity index (χ3v) is 2.96. The van der Waals surface area contributed by atoms with Crippen LogP contribution in [-0.2, 0) is 0 Å². The highest BCUT2D eigenvalue weighted by Gasteiger charge is 1.90. The molecule has 0 aliphatic heterocycles. The second-order valence-corrected chi connectivity index (χ2v) is 4.76. The van der Waals surface area contributed by atoms with Crippen molar-refractivity contribution in [3.05, 3.63) is 43.3 Å². The molecule has 0 saturated carbocycles. The molecule has 0 aliphatic carbocycles. The van der Waals surface area contributed by atoms with E-state index in [0.717, 1.165) is 6.42 Å². The molecule has 0 aromatic heterocycles. The zero-order chi connectivity index (χ0) is 13.3. The maximum Gasteiger partial charge on any atom is -0.0184 e. The highest BCUT2D eigenvalue weighted by molar-refractivity contribution is 4.97. The minimum atomic E-state index is 1.12. The average molecular weight is 246 g/mol. The van der Waals surface area contributed by atoms with Crippen LogP contribution in [-0.4, -0.2) is 0 Å². The number of hydrogen-bond donors (Lipinski definition) is 0. The Hall–Kier alpha value is -0.780.